The molecular weight excluding hydrogens is 380 g/mol. The van der Waals surface area contributed by atoms with Gasteiger partial charge in [0.2, 0.25) is 0 Å². The molecule has 2 rings (SSSR count). The van der Waals surface area contributed by atoms with E-state index in [1.165, 1.54) is 12.1 Å². The number of halogens is 2. The summed E-state index contributed by atoms with van der Waals surface area (Å²) in [6.07, 6.45) is -0.833. The van der Waals surface area contributed by atoms with Gasteiger partial charge < -0.3 is 25.2 Å². The Labute approximate surface area is 169 Å². The number of ether oxygens (including phenoxy) is 2. The lowest BCUT2D eigenvalue weighted by Gasteiger charge is -2.16. The zero-order chi connectivity index (χ0) is 21.1. The van der Waals surface area contributed by atoms with E-state index in [0.29, 0.717) is 31.2 Å². The maximum Gasteiger partial charge on any atom is 0.387 e. The van der Waals surface area contributed by atoms with Crippen LogP contribution in [0.1, 0.15) is 29.7 Å². The second-order valence-corrected chi connectivity index (χ2v) is 6.24. The number of rotatable bonds is 10. The van der Waals surface area contributed by atoms with E-state index in [4.69, 9.17) is 4.74 Å². The number of alkyl halides is 2. The van der Waals surface area contributed by atoms with E-state index >= 15 is 0 Å². The molecule has 0 spiro atoms. The average Bonchev–Trinajstić information content (AvgIpc) is 2.71. The van der Waals surface area contributed by atoms with Crippen LogP contribution in [0.2, 0.25) is 0 Å². The van der Waals surface area contributed by atoms with E-state index in [9.17, 15) is 13.9 Å². The molecule has 0 saturated carbocycles. The number of benzene rings is 2. The molecule has 0 aliphatic carbocycles. The first kappa shape index (κ1) is 22.6. The fourth-order valence-corrected chi connectivity index (χ4v) is 2.70. The van der Waals surface area contributed by atoms with Crippen molar-refractivity contribution in [2.75, 3.05) is 20.2 Å². The monoisotopic (exact) mass is 407 g/mol. The Bertz CT molecular complexity index is 770. The van der Waals surface area contributed by atoms with Crippen LogP contribution >= 0.6 is 0 Å². The second kappa shape index (κ2) is 12.0. The van der Waals surface area contributed by atoms with Gasteiger partial charge in [-0.25, -0.2) is 4.99 Å². The van der Waals surface area contributed by atoms with Crippen molar-refractivity contribution in [2.24, 2.45) is 4.99 Å². The predicted octanol–water partition coefficient (Wildman–Crippen LogP) is 3.22. The molecule has 2 aromatic rings. The highest BCUT2D eigenvalue weighted by atomic mass is 19.3. The summed E-state index contributed by atoms with van der Waals surface area (Å²) >= 11 is 0. The highest BCUT2D eigenvalue weighted by Crippen LogP contribution is 2.19. The maximum absolute atomic E-state index is 12.2. The molecule has 0 radical (unpaired) electrons. The third-order valence-electron chi connectivity index (χ3n) is 4.12. The first-order valence-electron chi connectivity index (χ1n) is 9.34. The van der Waals surface area contributed by atoms with Gasteiger partial charge >= 0.3 is 6.61 Å². The van der Waals surface area contributed by atoms with Crippen molar-refractivity contribution in [1.29, 1.82) is 0 Å². The Balaban J connectivity index is 1.97. The summed E-state index contributed by atoms with van der Waals surface area (Å²) in [6, 6.07) is 13.8. The molecule has 29 heavy (non-hydrogen) atoms. The Morgan fingerprint density at radius 1 is 1.07 bits per heavy atom. The van der Waals surface area contributed by atoms with Crippen molar-refractivity contribution in [1.82, 2.24) is 10.6 Å². The lowest BCUT2D eigenvalue weighted by atomic mass is 10.1. The van der Waals surface area contributed by atoms with Crippen molar-refractivity contribution in [3.63, 3.8) is 0 Å². The van der Waals surface area contributed by atoms with Crippen LogP contribution in [-0.4, -0.2) is 37.9 Å². The van der Waals surface area contributed by atoms with Gasteiger partial charge in [-0.2, -0.15) is 8.78 Å². The summed E-state index contributed by atoms with van der Waals surface area (Å²) < 4.78 is 34.0. The number of nitrogens with zero attached hydrogens (tertiary/aromatic N) is 1. The topological polar surface area (TPSA) is 75.1 Å². The quantitative estimate of drug-likeness (QED) is 0.417. The van der Waals surface area contributed by atoms with Gasteiger partial charge in [0.15, 0.2) is 5.96 Å². The van der Waals surface area contributed by atoms with Crippen LogP contribution in [0.4, 0.5) is 8.78 Å². The normalized spacial score (nSPS) is 12.7. The molecule has 0 fully saturated rings. The molecule has 158 valence electrons. The van der Waals surface area contributed by atoms with Crippen LogP contribution in [-0.2, 0) is 17.9 Å². The molecular formula is C21H27F2N3O3. The third-order valence-corrected chi connectivity index (χ3v) is 4.12. The Morgan fingerprint density at radius 2 is 1.76 bits per heavy atom. The number of nitrogens with one attached hydrogen (secondary N) is 2. The predicted molar refractivity (Wildman–Crippen MR) is 108 cm³/mol. The summed E-state index contributed by atoms with van der Waals surface area (Å²) in [5.41, 5.74) is 2.71. The molecule has 0 aromatic heterocycles. The molecule has 3 N–H and O–H groups in total. The zero-order valence-electron chi connectivity index (χ0n) is 16.6. The highest BCUT2D eigenvalue weighted by Gasteiger charge is 2.10. The van der Waals surface area contributed by atoms with Gasteiger partial charge in [0, 0.05) is 20.2 Å². The van der Waals surface area contributed by atoms with Crippen LogP contribution in [0.15, 0.2) is 53.5 Å². The van der Waals surface area contributed by atoms with Crippen molar-refractivity contribution in [2.45, 2.75) is 32.8 Å². The van der Waals surface area contributed by atoms with E-state index < -0.39 is 12.7 Å². The number of aliphatic hydroxyl groups excluding tert-OH is 1. The van der Waals surface area contributed by atoms with Crippen LogP contribution in [0.25, 0.3) is 0 Å². The summed E-state index contributed by atoms with van der Waals surface area (Å²) in [4.78, 5) is 4.56. The van der Waals surface area contributed by atoms with Gasteiger partial charge in [0.05, 0.1) is 19.3 Å². The maximum atomic E-state index is 12.2. The number of aliphatic hydroxyl groups is 1. The SMILES string of the molecule is CCNC(=NCc1ccccc1COC)NCC(O)c1ccc(OC(F)F)cc1. The van der Waals surface area contributed by atoms with Crippen LogP contribution < -0.4 is 15.4 Å². The van der Waals surface area contributed by atoms with E-state index in [-0.39, 0.29) is 12.3 Å². The van der Waals surface area contributed by atoms with Crippen LogP contribution in [0, 0.1) is 0 Å². The van der Waals surface area contributed by atoms with Crippen molar-refractivity contribution < 1.29 is 23.4 Å². The Morgan fingerprint density at radius 3 is 2.38 bits per heavy atom. The average molecular weight is 407 g/mol. The molecule has 1 atom stereocenters. The minimum absolute atomic E-state index is 0.0496. The number of hydrogen-bond donors (Lipinski definition) is 3. The number of hydrogen-bond acceptors (Lipinski definition) is 4. The molecule has 0 saturated heterocycles. The number of methoxy groups -OCH3 is 1. The number of aliphatic imine (C=N–C) groups is 1. The lowest BCUT2D eigenvalue weighted by Crippen LogP contribution is -2.39. The minimum Gasteiger partial charge on any atom is -0.435 e. The molecule has 0 bridgehead atoms. The summed E-state index contributed by atoms with van der Waals surface area (Å²) in [5, 5.41) is 16.6. The number of guanidine groups is 1. The largest absolute Gasteiger partial charge is 0.435 e. The lowest BCUT2D eigenvalue weighted by molar-refractivity contribution is -0.0498. The summed E-state index contributed by atoms with van der Waals surface area (Å²) in [7, 11) is 1.65. The standard InChI is InChI=1S/C21H27F2N3O3/c1-3-24-21(25-12-16-6-4-5-7-17(16)14-28-2)26-13-19(27)15-8-10-18(11-9-15)29-20(22)23/h4-11,19-20,27H,3,12-14H2,1-2H3,(H2,24,25,26). The van der Waals surface area contributed by atoms with E-state index in [1.54, 1.807) is 19.2 Å². The minimum atomic E-state index is -2.87. The first-order valence-corrected chi connectivity index (χ1v) is 9.34. The van der Waals surface area contributed by atoms with Gasteiger partial charge in [-0.3, -0.25) is 0 Å². The molecule has 0 heterocycles. The first-order chi connectivity index (χ1) is 14.0. The smallest absolute Gasteiger partial charge is 0.387 e. The molecule has 1 unspecified atom stereocenters. The molecule has 6 nitrogen and oxygen atoms in total. The van der Waals surface area contributed by atoms with E-state index in [0.717, 1.165) is 11.1 Å². The highest BCUT2D eigenvalue weighted by molar-refractivity contribution is 5.79. The van der Waals surface area contributed by atoms with Gasteiger partial charge in [-0.15, -0.1) is 0 Å². The van der Waals surface area contributed by atoms with Crippen molar-refractivity contribution >= 4 is 5.96 Å². The van der Waals surface area contributed by atoms with Gasteiger partial charge in [-0.05, 0) is 35.7 Å². The third kappa shape index (κ3) is 7.67. The Kier molecular flexibility index (Phi) is 9.33. The van der Waals surface area contributed by atoms with Crippen LogP contribution in [0.3, 0.4) is 0 Å². The zero-order valence-corrected chi connectivity index (χ0v) is 16.6. The summed E-state index contributed by atoms with van der Waals surface area (Å²) in [5.74, 6) is 0.616. The molecule has 8 heteroatoms. The van der Waals surface area contributed by atoms with Gasteiger partial charge in [-0.1, -0.05) is 36.4 Å². The molecule has 0 aliphatic rings. The van der Waals surface area contributed by atoms with E-state index in [1.807, 2.05) is 31.2 Å². The fourth-order valence-electron chi connectivity index (χ4n) is 2.70. The fraction of sp³-hybridized carbons (Fsp3) is 0.381. The van der Waals surface area contributed by atoms with Crippen molar-refractivity contribution in [3.8, 4) is 5.75 Å². The molecule has 0 amide bonds. The molecule has 2 aromatic carbocycles. The van der Waals surface area contributed by atoms with Gasteiger partial charge in [0.1, 0.15) is 5.75 Å². The van der Waals surface area contributed by atoms with Crippen LogP contribution in [0.5, 0.6) is 5.75 Å². The van der Waals surface area contributed by atoms with E-state index in [2.05, 4.69) is 20.4 Å². The Hall–Kier alpha value is -2.71. The van der Waals surface area contributed by atoms with Gasteiger partial charge in [0.25, 0.3) is 0 Å². The second-order valence-electron chi connectivity index (χ2n) is 6.24. The summed E-state index contributed by atoms with van der Waals surface area (Å²) in [6.45, 7) is 0.931. The molecule has 0 aliphatic heterocycles. The van der Waals surface area contributed by atoms with Crippen molar-refractivity contribution in [3.05, 3.63) is 65.2 Å².